The van der Waals surface area contributed by atoms with E-state index in [2.05, 4.69) is 10.6 Å². The van der Waals surface area contributed by atoms with Gasteiger partial charge in [0.2, 0.25) is 5.91 Å². The molecule has 1 rings (SSSR count). The van der Waals surface area contributed by atoms with Gasteiger partial charge in [-0.05, 0) is 47.6 Å². The zero-order chi connectivity index (χ0) is 12.6. The fourth-order valence-corrected chi connectivity index (χ4v) is 1.60. The molecule has 1 atom stereocenters. The zero-order valence-corrected chi connectivity index (χ0v) is 11.0. The third-order valence-electron chi connectivity index (χ3n) is 3.87. The second kappa shape index (κ2) is 4.00. The lowest BCUT2D eigenvalue weighted by Crippen LogP contribution is -2.60. The van der Waals surface area contributed by atoms with Crippen LogP contribution in [0.2, 0.25) is 0 Å². The zero-order valence-electron chi connectivity index (χ0n) is 11.0. The molecule has 0 aromatic rings. The van der Waals surface area contributed by atoms with Crippen LogP contribution in [0.4, 0.5) is 0 Å². The van der Waals surface area contributed by atoms with E-state index in [-0.39, 0.29) is 11.3 Å². The van der Waals surface area contributed by atoms with Gasteiger partial charge in [-0.1, -0.05) is 0 Å². The van der Waals surface area contributed by atoms with Crippen LogP contribution in [-0.2, 0) is 4.79 Å². The van der Waals surface area contributed by atoms with Crippen LogP contribution in [0.25, 0.3) is 0 Å². The van der Waals surface area contributed by atoms with E-state index in [4.69, 9.17) is 0 Å². The Morgan fingerprint density at radius 3 is 2.31 bits per heavy atom. The van der Waals surface area contributed by atoms with Crippen LogP contribution in [-0.4, -0.2) is 35.2 Å². The van der Waals surface area contributed by atoms with Crippen LogP contribution in [0.15, 0.2) is 0 Å². The summed E-state index contributed by atoms with van der Waals surface area (Å²) in [7, 11) is 0. The molecule has 3 N–H and O–H groups in total. The number of hydrogen-bond acceptors (Lipinski definition) is 3. The molecular weight excluding hydrogens is 204 g/mol. The molecule has 0 aromatic carbocycles. The maximum absolute atomic E-state index is 12.2. The molecule has 1 saturated heterocycles. The van der Waals surface area contributed by atoms with E-state index in [1.54, 1.807) is 13.8 Å². The average molecular weight is 228 g/mol. The summed E-state index contributed by atoms with van der Waals surface area (Å²) in [6.45, 7) is 10.7. The largest absolute Gasteiger partial charge is 0.388 e. The predicted octanol–water partition coefficient (Wildman–Crippen LogP) is 0.652. The molecule has 4 nitrogen and oxygen atoms in total. The topological polar surface area (TPSA) is 61.4 Å². The summed E-state index contributed by atoms with van der Waals surface area (Å²) in [4.78, 5) is 12.2. The average Bonchev–Trinajstić information content (AvgIpc) is 2.50. The van der Waals surface area contributed by atoms with Gasteiger partial charge in [0.05, 0.1) is 16.6 Å². The first kappa shape index (κ1) is 13.5. The van der Waals surface area contributed by atoms with Crippen molar-refractivity contribution in [2.45, 2.75) is 52.2 Å². The molecule has 4 heteroatoms. The number of carbonyl (C=O) groups is 1. The maximum atomic E-state index is 12.2. The van der Waals surface area contributed by atoms with Crippen molar-refractivity contribution in [3.63, 3.8) is 0 Å². The molecule has 1 fully saturated rings. The molecule has 0 aliphatic carbocycles. The van der Waals surface area contributed by atoms with Gasteiger partial charge >= 0.3 is 0 Å². The highest BCUT2D eigenvalue weighted by molar-refractivity contribution is 5.83. The fraction of sp³-hybridized carbons (Fsp3) is 0.917. The van der Waals surface area contributed by atoms with Crippen LogP contribution >= 0.6 is 0 Å². The molecule has 94 valence electrons. The Balaban J connectivity index is 2.71. The van der Waals surface area contributed by atoms with E-state index < -0.39 is 11.1 Å². The van der Waals surface area contributed by atoms with Crippen molar-refractivity contribution in [3.05, 3.63) is 0 Å². The van der Waals surface area contributed by atoms with Crippen molar-refractivity contribution in [2.75, 3.05) is 13.1 Å². The first-order valence-electron chi connectivity index (χ1n) is 5.84. The summed E-state index contributed by atoms with van der Waals surface area (Å²) in [6, 6.07) is 0. The third kappa shape index (κ3) is 2.55. The van der Waals surface area contributed by atoms with Gasteiger partial charge in [0.25, 0.3) is 0 Å². The quantitative estimate of drug-likeness (QED) is 0.665. The minimum Gasteiger partial charge on any atom is -0.388 e. The highest BCUT2D eigenvalue weighted by atomic mass is 16.3. The van der Waals surface area contributed by atoms with Gasteiger partial charge in [-0.15, -0.1) is 0 Å². The summed E-state index contributed by atoms with van der Waals surface area (Å²) < 4.78 is 0. The molecule has 1 aliphatic heterocycles. The number of hydrogen-bond donors (Lipinski definition) is 3. The number of rotatable bonds is 3. The van der Waals surface area contributed by atoms with Crippen LogP contribution < -0.4 is 10.6 Å². The van der Waals surface area contributed by atoms with E-state index in [9.17, 15) is 9.90 Å². The van der Waals surface area contributed by atoms with Crippen LogP contribution in [0.1, 0.15) is 41.0 Å². The summed E-state index contributed by atoms with van der Waals surface area (Å²) in [5.74, 6) is 0.0182. The third-order valence-corrected chi connectivity index (χ3v) is 3.87. The van der Waals surface area contributed by atoms with E-state index in [0.29, 0.717) is 6.54 Å². The Morgan fingerprint density at radius 1 is 1.38 bits per heavy atom. The molecule has 1 unspecified atom stereocenters. The minimum atomic E-state index is -0.939. The first-order valence-corrected chi connectivity index (χ1v) is 5.84. The molecule has 0 aromatic heterocycles. The van der Waals surface area contributed by atoms with E-state index in [1.165, 1.54) is 0 Å². The summed E-state index contributed by atoms with van der Waals surface area (Å²) in [6.07, 6.45) is 0.848. The maximum Gasteiger partial charge on any atom is 0.227 e. The van der Waals surface area contributed by atoms with E-state index >= 15 is 0 Å². The Bertz CT molecular complexity index is 273. The van der Waals surface area contributed by atoms with Crippen molar-refractivity contribution in [2.24, 2.45) is 5.41 Å². The highest BCUT2D eigenvalue weighted by Crippen LogP contribution is 2.28. The lowest BCUT2D eigenvalue weighted by atomic mass is 9.82. The molecule has 1 heterocycles. The lowest BCUT2D eigenvalue weighted by Gasteiger charge is -2.40. The summed E-state index contributed by atoms with van der Waals surface area (Å²) in [5.41, 5.74) is -1.91. The number of carbonyl (C=O) groups excluding carboxylic acids is 1. The molecule has 0 saturated carbocycles. The van der Waals surface area contributed by atoms with Gasteiger partial charge in [-0.3, -0.25) is 4.79 Å². The van der Waals surface area contributed by atoms with Gasteiger partial charge in [0.15, 0.2) is 0 Å². The Morgan fingerprint density at radius 2 is 1.94 bits per heavy atom. The van der Waals surface area contributed by atoms with Crippen molar-refractivity contribution in [3.8, 4) is 0 Å². The monoisotopic (exact) mass is 228 g/mol. The van der Waals surface area contributed by atoms with Gasteiger partial charge < -0.3 is 15.7 Å². The Labute approximate surface area is 97.8 Å². The van der Waals surface area contributed by atoms with Crippen molar-refractivity contribution >= 4 is 5.91 Å². The normalized spacial score (nSPS) is 26.9. The second-order valence-electron chi connectivity index (χ2n) is 6.13. The van der Waals surface area contributed by atoms with Gasteiger partial charge in [-0.2, -0.15) is 0 Å². The molecule has 0 spiro atoms. The molecular formula is C12H24N2O2. The molecule has 0 radical (unpaired) electrons. The molecule has 16 heavy (non-hydrogen) atoms. The lowest BCUT2D eigenvalue weighted by molar-refractivity contribution is -0.134. The van der Waals surface area contributed by atoms with Gasteiger partial charge in [0.1, 0.15) is 0 Å². The highest BCUT2D eigenvalue weighted by Gasteiger charge is 2.42. The summed E-state index contributed by atoms with van der Waals surface area (Å²) >= 11 is 0. The van der Waals surface area contributed by atoms with Gasteiger partial charge in [0, 0.05) is 6.54 Å². The van der Waals surface area contributed by atoms with Crippen molar-refractivity contribution in [1.29, 1.82) is 0 Å². The summed E-state index contributed by atoms with van der Waals surface area (Å²) in [5, 5.41) is 16.1. The number of nitrogens with one attached hydrogen (secondary N) is 2. The van der Waals surface area contributed by atoms with E-state index in [0.717, 1.165) is 13.0 Å². The fourth-order valence-electron chi connectivity index (χ4n) is 1.60. The standard InChI is InChI=1S/C12H24N2O2/c1-10(2,11(3,4)16)14-9(15)12(5)6-7-13-8-12/h13,16H,6-8H2,1-5H3,(H,14,15). The Kier molecular flexibility index (Phi) is 3.37. The van der Waals surface area contributed by atoms with Crippen molar-refractivity contribution < 1.29 is 9.90 Å². The second-order valence-corrected chi connectivity index (χ2v) is 6.13. The minimum absolute atomic E-state index is 0.0182. The molecule has 1 amide bonds. The first-order chi connectivity index (χ1) is 7.08. The smallest absolute Gasteiger partial charge is 0.227 e. The number of aliphatic hydroxyl groups is 1. The Hall–Kier alpha value is -0.610. The molecule has 1 aliphatic rings. The predicted molar refractivity (Wildman–Crippen MR) is 64.1 cm³/mol. The SMILES string of the molecule is CC1(C(=O)NC(C)(C)C(C)(C)O)CCNC1. The number of amides is 1. The van der Waals surface area contributed by atoms with Crippen LogP contribution in [0.5, 0.6) is 0 Å². The molecule has 0 bridgehead atoms. The van der Waals surface area contributed by atoms with Crippen LogP contribution in [0.3, 0.4) is 0 Å². The van der Waals surface area contributed by atoms with E-state index in [1.807, 2.05) is 20.8 Å². The van der Waals surface area contributed by atoms with Crippen LogP contribution in [0, 0.1) is 5.41 Å². The van der Waals surface area contributed by atoms with Gasteiger partial charge in [-0.25, -0.2) is 0 Å². The van der Waals surface area contributed by atoms with Crippen molar-refractivity contribution in [1.82, 2.24) is 10.6 Å².